The van der Waals surface area contributed by atoms with Crippen molar-refractivity contribution >= 4 is 58.4 Å². The van der Waals surface area contributed by atoms with Gasteiger partial charge in [0.1, 0.15) is 0 Å². The third-order valence-corrected chi connectivity index (χ3v) is 13.3. The van der Waals surface area contributed by atoms with Crippen LogP contribution in [0.3, 0.4) is 0 Å². The lowest BCUT2D eigenvalue weighted by molar-refractivity contribution is -0.141. The van der Waals surface area contributed by atoms with E-state index in [1.54, 1.807) is 49.0 Å². The highest BCUT2D eigenvalue weighted by molar-refractivity contribution is 8.00. The van der Waals surface area contributed by atoms with Crippen LogP contribution in [0.5, 0.6) is 11.5 Å². The summed E-state index contributed by atoms with van der Waals surface area (Å²) in [5, 5.41) is 12.5. The molecule has 2 aliphatic heterocycles. The van der Waals surface area contributed by atoms with Gasteiger partial charge in [0.25, 0.3) is 5.91 Å². The second-order valence-electron chi connectivity index (χ2n) is 13.5. The fourth-order valence-electron chi connectivity index (χ4n) is 8.64. The molecule has 15 heteroatoms. The van der Waals surface area contributed by atoms with E-state index in [0.717, 1.165) is 21.9 Å². The molecule has 3 N–H and O–H groups in total. The summed E-state index contributed by atoms with van der Waals surface area (Å²) in [7, 11) is 1.51. The van der Waals surface area contributed by atoms with Gasteiger partial charge in [-0.15, -0.1) is 11.8 Å². The number of likely N-dealkylation sites (tertiary alicyclic amines) is 1. The molecule has 3 aromatic rings. The molecule has 2 bridgehead atoms. The van der Waals surface area contributed by atoms with E-state index in [1.165, 1.54) is 23.3 Å². The Kier molecular flexibility index (Phi) is 10.2. The monoisotopic (exact) mass is 749 g/mol. The van der Waals surface area contributed by atoms with Gasteiger partial charge in [-0.05, 0) is 85.9 Å². The number of aromatic nitrogens is 1. The number of unbranched alkanes of at least 4 members (excludes halogenated alkanes) is 2. The first-order valence-electron chi connectivity index (χ1n) is 17.4. The number of amides is 3. The van der Waals surface area contributed by atoms with Crippen LogP contribution in [0, 0.1) is 29.6 Å². The average molecular weight is 750 g/mol. The largest absolute Gasteiger partial charge is 0.493 e. The molecule has 1 aromatic heterocycles. The number of benzene rings is 2. The number of aromatic amines is 1. The minimum Gasteiger partial charge on any atom is -0.493 e. The van der Waals surface area contributed by atoms with Gasteiger partial charge in [0.2, 0.25) is 11.8 Å². The zero-order valence-corrected chi connectivity index (χ0v) is 30.3. The van der Waals surface area contributed by atoms with Gasteiger partial charge in [-0.1, -0.05) is 23.8 Å². The molecule has 3 fully saturated rings. The molecule has 3 heterocycles. The fourth-order valence-corrected chi connectivity index (χ4v) is 11.5. The summed E-state index contributed by atoms with van der Waals surface area (Å²) in [6.07, 6.45) is 2.52. The summed E-state index contributed by atoms with van der Waals surface area (Å²) in [6, 6.07) is 11.9. The van der Waals surface area contributed by atoms with E-state index < -0.39 is 23.8 Å². The van der Waals surface area contributed by atoms with Crippen molar-refractivity contribution in [2.24, 2.45) is 29.6 Å². The maximum atomic E-state index is 13.8. The number of fused-ring (bicyclic) bond motifs is 9. The molecule has 52 heavy (non-hydrogen) atoms. The van der Waals surface area contributed by atoms with Crippen molar-refractivity contribution in [1.82, 2.24) is 9.88 Å². The summed E-state index contributed by atoms with van der Waals surface area (Å²) < 4.78 is 16.6. The predicted octanol–water partition coefficient (Wildman–Crippen LogP) is 4.76. The Morgan fingerprint density at radius 3 is 2.44 bits per heavy atom. The van der Waals surface area contributed by atoms with Gasteiger partial charge in [-0.25, -0.2) is 4.79 Å². The molecule has 0 radical (unpaired) electrons. The number of carboxylic acids is 1. The molecule has 13 nitrogen and oxygen atoms in total. The summed E-state index contributed by atoms with van der Waals surface area (Å²) in [4.78, 5) is 80.9. The van der Waals surface area contributed by atoms with E-state index in [2.05, 4.69) is 10.3 Å². The second-order valence-corrected chi connectivity index (χ2v) is 15.7. The lowest BCUT2D eigenvalue weighted by Crippen LogP contribution is -2.42. The van der Waals surface area contributed by atoms with Crippen molar-refractivity contribution in [2.45, 2.75) is 55.2 Å². The number of hydrogen-bond donors (Lipinski definition) is 3. The Balaban J connectivity index is 1.07. The number of rotatable bonds is 14. The van der Waals surface area contributed by atoms with Gasteiger partial charge in [0, 0.05) is 34.7 Å². The molecule has 2 aliphatic carbocycles. The van der Waals surface area contributed by atoms with Crippen molar-refractivity contribution in [3.63, 3.8) is 0 Å². The van der Waals surface area contributed by atoms with Crippen LogP contribution in [-0.2, 0) is 23.9 Å². The second kappa shape index (κ2) is 14.8. The van der Waals surface area contributed by atoms with Crippen LogP contribution in [0.1, 0.15) is 65.7 Å². The molecule has 0 spiro atoms. The topological polar surface area (TPSA) is 181 Å². The number of nitrogens with one attached hydrogen (secondary N) is 2. The maximum Gasteiger partial charge on any atom is 0.338 e. The van der Waals surface area contributed by atoms with Gasteiger partial charge in [0.05, 0.1) is 36.1 Å². The summed E-state index contributed by atoms with van der Waals surface area (Å²) in [5.74, 6) is -2.29. The van der Waals surface area contributed by atoms with Gasteiger partial charge in [-0.3, -0.25) is 28.9 Å². The maximum absolute atomic E-state index is 13.8. The predicted molar refractivity (Wildman–Crippen MR) is 191 cm³/mol. The number of carbonyl (C=O) groups is 5. The van der Waals surface area contributed by atoms with E-state index in [-0.39, 0.29) is 71.2 Å². The number of hydrogen-bond acceptors (Lipinski definition) is 11. The normalized spacial score (nSPS) is 25.3. The number of thiazole rings is 1. The molecule has 2 saturated carbocycles. The quantitative estimate of drug-likeness (QED) is 0.118. The zero-order chi connectivity index (χ0) is 36.7. The molecule has 274 valence electrons. The van der Waals surface area contributed by atoms with Crippen LogP contribution < -0.4 is 19.7 Å². The zero-order valence-electron chi connectivity index (χ0n) is 28.6. The van der Waals surface area contributed by atoms with E-state index >= 15 is 0 Å². The van der Waals surface area contributed by atoms with E-state index in [1.807, 2.05) is 12.1 Å². The Hall–Kier alpha value is -4.63. The molecule has 1 saturated heterocycles. The number of carboxylic acid groups (broad SMARTS) is 1. The first-order valence-corrected chi connectivity index (χ1v) is 19.1. The molecular formula is C37H39N3O10S2. The Morgan fingerprint density at radius 2 is 1.73 bits per heavy atom. The molecule has 2 aromatic carbocycles. The Morgan fingerprint density at radius 1 is 0.981 bits per heavy atom. The number of methoxy groups -OCH3 is 1. The van der Waals surface area contributed by atoms with Gasteiger partial charge in [0.15, 0.2) is 18.1 Å². The van der Waals surface area contributed by atoms with E-state index in [0.29, 0.717) is 48.6 Å². The van der Waals surface area contributed by atoms with Crippen molar-refractivity contribution in [2.75, 3.05) is 32.2 Å². The number of esters is 1. The number of nitrogens with zero attached hydrogens (tertiary/aromatic N) is 1. The third kappa shape index (κ3) is 6.60. The first kappa shape index (κ1) is 35.8. The number of anilines is 1. The van der Waals surface area contributed by atoms with Crippen LogP contribution in [0.4, 0.5) is 5.69 Å². The molecule has 6 unspecified atom stereocenters. The van der Waals surface area contributed by atoms with E-state index in [4.69, 9.17) is 19.3 Å². The molecule has 3 amide bonds. The standard InChI is InChI=1S/C37H39N3O10S2/c1-3-49-36(46)18-8-11-20(12-9-18)38-25(41)17-50-23-13-10-19(15-24(23)48-2)27-28-21-16-22(31(28)51-33-32(27)52-37(47)39-33)30-29(21)34(44)40(35(30)45)14-6-4-5-7-26(42)43/h8-13,15,21-22,27-31H,3-7,14,16-17H2,1-2H3,(H,38,41)(H,39,47)(H,42,43)/t21?,22?,27-,28?,29?,30?,31?/m1/s1. The van der Waals surface area contributed by atoms with Crippen LogP contribution in [0.15, 0.2) is 52.3 Å². The first-order chi connectivity index (χ1) is 25.1. The molecule has 7 atom stereocenters. The highest BCUT2D eigenvalue weighted by Crippen LogP contribution is 2.68. The number of aliphatic carboxylic acids is 1. The number of ether oxygens (including phenoxy) is 3. The minimum absolute atomic E-state index is 0.0000592. The van der Waals surface area contributed by atoms with Crippen molar-refractivity contribution in [1.29, 1.82) is 0 Å². The number of carbonyl (C=O) groups excluding carboxylic acids is 4. The van der Waals surface area contributed by atoms with Crippen LogP contribution in [0.2, 0.25) is 0 Å². The van der Waals surface area contributed by atoms with Crippen molar-refractivity contribution in [3.05, 3.63) is 68.1 Å². The lowest BCUT2D eigenvalue weighted by atomic mass is 9.68. The van der Waals surface area contributed by atoms with Crippen molar-refractivity contribution in [3.8, 4) is 11.5 Å². The third-order valence-electron chi connectivity index (χ3n) is 10.7. The smallest absolute Gasteiger partial charge is 0.338 e. The lowest BCUT2D eigenvalue weighted by Gasteiger charge is -2.43. The molecule has 7 rings (SSSR count). The summed E-state index contributed by atoms with van der Waals surface area (Å²) >= 11 is 2.78. The van der Waals surface area contributed by atoms with Crippen molar-refractivity contribution < 1.29 is 43.3 Å². The Labute approximate surface area is 307 Å². The minimum atomic E-state index is -0.857. The highest BCUT2D eigenvalue weighted by Gasteiger charge is 2.69. The van der Waals surface area contributed by atoms with Crippen LogP contribution >= 0.6 is 23.1 Å². The number of H-pyrrole nitrogens is 1. The molecule has 4 aliphatic rings. The number of thioether (sulfide) groups is 1. The van der Waals surface area contributed by atoms with Crippen LogP contribution in [-0.4, -0.2) is 76.8 Å². The van der Waals surface area contributed by atoms with Gasteiger partial charge >= 0.3 is 16.8 Å². The van der Waals surface area contributed by atoms with E-state index in [9.17, 15) is 28.8 Å². The SMILES string of the molecule is CCOC(=O)c1ccc(NC(=O)COc2ccc([C@H]3c4sc(=O)[nH]c4SC4C5CC(C6C(=O)N(CCCCCC(=O)O)C(=O)C56)C43)cc2OC)cc1. The Bertz CT molecular complexity index is 1960. The van der Waals surface area contributed by atoms with Gasteiger partial charge < -0.3 is 29.6 Å². The summed E-state index contributed by atoms with van der Waals surface area (Å²) in [5.41, 5.74) is 1.75. The van der Waals surface area contributed by atoms with Gasteiger partial charge in [-0.2, -0.15) is 0 Å². The van der Waals surface area contributed by atoms with Crippen LogP contribution in [0.25, 0.3) is 0 Å². The average Bonchev–Trinajstić information content (AvgIpc) is 3.86. The molecular weight excluding hydrogens is 711 g/mol. The highest BCUT2D eigenvalue weighted by atomic mass is 32.2. The fraction of sp³-hybridized carbons (Fsp3) is 0.459. The summed E-state index contributed by atoms with van der Waals surface area (Å²) in [6.45, 7) is 1.99. The number of imide groups is 1.